The summed E-state index contributed by atoms with van der Waals surface area (Å²) >= 11 is 0. The van der Waals surface area contributed by atoms with Crippen LogP contribution in [0.15, 0.2) is 23.1 Å². The maximum absolute atomic E-state index is 13.4. The Balaban J connectivity index is 3.55. The van der Waals surface area contributed by atoms with E-state index in [1.54, 1.807) is 20.8 Å². The molecular formula is C16H18F3NO4S. The van der Waals surface area contributed by atoms with Gasteiger partial charge in [0.1, 0.15) is 5.60 Å². The first-order valence-electron chi connectivity index (χ1n) is 7.02. The summed E-state index contributed by atoms with van der Waals surface area (Å²) < 4.78 is 68.3. The summed E-state index contributed by atoms with van der Waals surface area (Å²) in [6, 6.07) is 2.34. The van der Waals surface area contributed by atoms with Gasteiger partial charge in [0.25, 0.3) is 0 Å². The van der Waals surface area contributed by atoms with Gasteiger partial charge in [-0.25, -0.2) is 13.2 Å². The van der Waals surface area contributed by atoms with Crippen molar-refractivity contribution in [1.82, 2.24) is 0 Å². The molecule has 0 aliphatic rings. The molecule has 0 aromatic heterocycles. The molecular weight excluding hydrogens is 359 g/mol. The van der Waals surface area contributed by atoms with Crippen molar-refractivity contribution in [1.29, 1.82) is 0 Å². The van der Waals surface area contributed by atoms with Crippen molar-refractivity contribution in [3.8, 4) is 12.3 Å². The zero-order valence-corrected chi connectivity index (χ0v) is 15.0. The van der Waals surface area contributed by atoms with Crippen molar-refractivity contribution in [2.75, 3.05) is 17.7 Å². The first kappa shape index (κ1) is 20.8. The molecule has 0 aliphatic carbocycles. The lowest BCUT2D eigenvalue weighted by atomic mass is 10.1. The van der Waals surface area contributed by atoms with Crippen LogP contribution in [0.25, 0.3) is 0 Å². The molecule has 1 rings (SSSR count). The van der Waals surface area contributed by atoms with Gasteiger partial charge >= 0.3 is 12.3 Å². The van der Waals surface area contributed by atoms with E-state index in [2.05, 4.69) is 5.92 Å². The average Bonchev–Trinajstić information content (AvgIpc) is 2.40. The first-order valence-corrected chi connectivity index (χ1v) is 8.91. The lowest BCUT2D eigenvalue weighted by molar-refractivity contribution is -0.137. The maximum atomic E-state index is 13.4. The largest absolute Gasteiger partial charge is 0.443 e. The number of terminal acetylenes is 1. The number of benzene rings is 1. The number of amides is 1. The van der Waals surface area contributed by atoms with Crippen molar-refractivity contribution in [3.05, 3.63) is 23.8 Å². The van der Waals surface area contributed by atoms with Gasteiger partial charge in [-0.2, -0.15) is 13.2 Å². The number of carbonyl (C=O) groups is 1. The van der Waals surface area contributed by atoms with Gasteiger partial charge in [-0.3, -0.25) is 4.90 Å². The minimum absolute atomic E-state index is 0.471. The molecule has 0 atom stereocenters. The molecule has 138 valence electrons. The Kier molecular flexibility index (Phi) is 5.80. The zero-order valence-electron chi connectivity index (χ0n) is 14.1. The molecule has 1 aromatic carbocycles. The summed E-state index contributed by atoms with van der Waals surface area (Å²) in [7, 11) is -3.86. The van der Waals surface area contributed by atoms with Gasteiger partial charge in [0, 0.05) is 6.26 Å². The van der Waals surface area contributed by atoms with Crippen molar-refractivity contribution < 1.29 is 31.1 Å². The van der Waals surface area contributed by atoms with Crippen molar-refractivity contribution in [2.24, 2.45) is 0 Å². The second-order valence-electron chi connectivity index (χ2n) is 6.22. The third-order valence-electron chi connectivity index (χ3n) is 2.86. The van der Waals surface area contributed by atoms with Crippen LogP contribution in [0.1, 0.15) is 26.3 Å². The number of alkyl halides is 3. The summed E-state index contributed by atoms with van der Waals surface area (Å²) in [6.45, 7) is 4.18. The highest BCUT2D eigenvalue weighted by atomic mass is 32.2. The molecule has 25 heavy (non-hydrogen) atoms. The number of halogens is 3. The lowest BCUT2D eigenvalue weighted by Crippen LogP contribution is -2.38. The molecule has 0 saturated heterocycles. The van der Waals surface area contributed by atoms with E-state index in [0.717, 1.165) is 18.4 Å². The number of rotatable bonds is 3. The Morgan fingerprint density at radius 3 is 2.24 bits per heavy atom. The van der Waals surface area contributed by atoms with E-state index < -0.39 is 50.4 Å². The van der Waals surface area contributed by atoms with Gasteiger partial charge in [-0.05, 0) is 39.0 Å². The number of hydrogen-bond acceptors (Lipinski definition) is 4. The van der Waals surface area contributed by atoms with Gasteiger partial charge in [0.05, 0.1) is 22.7 Å². The number of sulfone groups is 1. The highest BCUT2D eigenvalue weighted by Gasteiger charge is 2.38. The number of hydrogen-bond donors (Lipinski definition) is 0. The van der Waals surface area contributed by atoms with Gasteiger partial charge in [0.2, 0.25) is 0 Å². The Morgan fingerprint density at radius 2 is 1.84 bits per heavy atom. The van der Waals surface area contributed by atoms with E-state index in [-0.39, 0.29) is 0 Å². The third-order valence-corrected chi connectivity index (χ3v) is 3.97. The van der Waals surface area contributed by atoms with Gasteiger partial charge in [0.15, 0.2) is 9.84 Å². The molecule has 0 bridgehead atoms. The van der Waals surface area contributed by atoms with Crippen LogP contribution in [0.5, 0.6) is 0 Å². The molecule has 0 saturated carbocycles. The molecule has 1 aromatic rings. The van der Waals surface area contributed by atoms with Crippen LogP contribution < -0.4 is 4.90 Å². The molecule has 0 radical (unpaired) electrons. The standard InChI is InChI=1S/C16H18F3NO4S/c1-6-9-20(14(21)24-15(2,3)4)13-8-7-11(25(5,22)23)10-12(13)16(17,18)19/h1,7-8,10H,9H2,2-5H3. The van der Waals surface area contributed by atoms with Crippen molar-refractivity contribution in [2.45, 2.75) is 37.4 Å². The van der Waals surface area contributed by atoms with Crippen LogP contribution in [0.2, 0.25) is 0 Å². The molecule has 0 N–H and O–H groups in total. The van der Waals surface area contributed by atoms with Crippen LogP contribution in [-0.2, 0) is 20.8 Å². The second-order valence-corrected chi connectivity index (χ2v) is 8.24. The zero-order chi connectivity index (χ0) is 19.6. The molecule has 5 nitrogen and oxygen atoms in total. The van der Waals surface area contributed by atoms with E-state index in [9.17, 15) is 26.4 Å². The van der Waals surface area contributed by atoms with E-state index in [1.165, 1.54) is 0 Å². The minimum atomic E-state index is -4.90. The highest BCUT2D eigenvalue weighted by Crippen LogP contribution is 2.38. The predicted octanol–water partition coefficient (Wildman–Crippen LogP) is 3.48. The maximum Gasteiger partial charge on any atom is 0.418 e. The minimum Gasteiger partial charge on any atom is -0.443 e. The number of nitrogens with zero attached hydrogens (tertiary/aromatic N) is 1. The monoisotopic (exact) mass is 377 g/mol. The Bertz CT molecular complexity index is 802. The van der Waals surface area contributed by atoms with Crippen molar-refractivity contribution in [3.63, 3.8) is 0 Å². The average molecular weight is 377 g/mol. The summed E-state index contributed by atoms with van der Waals surface area (Å²) in [5.74, 6) is 2.10. The van der Waals surface area contributed by atoms with Crippen LogP contribution in [0, 0.1) is 12.3 Å². The van der Waals surface area contributed by atoms with E-state index in [4.69, 9.17) is 11.2 Å². The summed E-state index contributed by atoms with van der Waals surface area (Å²) in [5.41, 5.74) is -2.82. The third kappa shape index (κ3) is 5.67. The summed E-state index contributed by atoms with van der Waals surface area (Å²) in [6.07, 6.45) is -0.0276. The van der Waals surface area contributed by atoms with Gasteiger partial charge in [-0.15, -0.1) is 6.42 Å². The summed E-state index contributed by atoms with van der Waals surface area (Å²) in [5, 5.41) is 0. The van der Waals surface area contributed by atoms with Crippen LogP contribution in [-0.4, -0.2) is 32.9 Å². The molecule has 0 unspecified atom stereocenters. The topological polar surface area (TPSA) is 63.7 Å². The molecule has 0 spiro atoms. The Labute approximate surface area is 144 Å². The van der Waals surface area contributed by atoms with Crippen LogP contribution in [0.3, 0.4) is 0 Å². The molecule has 0 heterocycles. The molecule has 9 heteroatoms. The van der Waals surface area contributed by atoms with Gasteiger partial charge < -0.3 is 4.74 Å². The van der Waals surface area contributed by atoms with Gasteiger partial charge in [-0.1, -0.05) is 5.92 Å². The fourth-order valence-electron chi connectivity index (χ4n) is 1.86. The smallest absolute Gasteiger partial charge is 0.418 e. The number of carbonyl (C=O) groups excluding carboxylic acids is 1. The predicted molar refractivity (Wildman–Crippen MR) is 87.0 cm³/mol. The van der Waals surface area contributed by atoms with Crippen molar-refractivity contribution >= 4 is 21.6 Å². The Morgan fingerprint density at radius 1 is 1.28 bits per heavy atom. The summed E-state index contributed by atoms with van der Waals surface area (Å²) in [4.78, 5) is 12.4. The number of anilines is 1. The molecule has 1 amide bonds. The SMILES string of the molecule is C#CCN(C(=O)OC(C)(C)C)c1ccc(S(C)(=O)=O)cc1C(F)(F)F. The second kappa shape index (κ2) is 6.96. The van der Waals surface area contributed by atoms with E-state index >= 15 is 0 Å². The fraction of sp³-hybridized carbons (Fsp3) is 0.438. The van der Waals surface area contributed by atoms with Crippen LogP contribution >= 0.6 is 0 Å². The quantitative estimate of drug-likeness (QED) is 0.757. The number of ether oxygens (including phenoxy) is 1. The molecule has 0 aliphatic heterocycles. The van der Waals surface area contributed by atoms with E-state index in [0.29, 0.717) is 11.0 Å². The van der Waals surface area contributed by atoms with E-state index in [1.807, 2.05) is 0 Å². The lowest BCUT2D eigenvalue weighted by Gasteiger charge is -2.28. The fourth-order valence-corrected chi connectivity index (χ4v) is 2.51. The normalized spacial score (nSPS) is 12.4. The highest BCUT2D eigenvalue weighted by molar-refractivity contribution is 7.90. The van der Waals surface area contributed by atoms with Crippen LogP contribution in [0.4, 0.5) is 23.7 Å². The Hall–Kier alpha value is -2.21. The first-order chi connectivity index (χ1) is 11.2. The molecule has 0 fully saturated rings.